The lowest BCUT2D eigenvalue weighted by atomic mass is 9.77. The summed E-state index contributed by atoms with van der Waals surface area (Å²) in [6.45, 7) is -0.423. The molecule has 0 radical (unpaired) electrons. The van der Waals surface area contributed by atoms with Gasteiger partial charge in [0.25, 0.3) is 0 Å². The molecule has 0 bridgehead atoms. The van der Waals surface area contributed by atoms with Crippen LogP contribution in [0, 0.1) is 17.5 Å². The zero-order valence-electron chi connectivity index (χ0n) is 12.8. The monoisotopic (exact) mass is 350 g/mol. The van der Waals surface area contributed by atoms with Gasteiger partial charge in [0.15, 0.2) is 17.5 Å². The SMILES string of the molecule is CN1CC(=O)OB(c2cc(-c3ccccn3)c(F)c(F)c2F)OC1=O. The molecule has 1 aromatic heterocycles. The molecular formula is C15H10BF3N2O4. The Bertz CT molecular complexity index is 850. The minimum absolute atomic E-state index is 0.0311. The lowest BCUT2D eigenvalue weighted by Crippen LogP contribution is -2.42. The highest BCUT2D eigenvalue weighted by molar-refractivity contribution is 6.64. The van der Waals surface area contributed by atoms with Gasteiger partial charge in [-0.2, -0.15) is 0 Å². The number of benzene rings is 1. The van der Waals surface area contributed by atoms with Crippen molar-refractivity contribution in [3.05, 3.63) is 47.9 Å². The maximum atomic E-state index is 14.2. The molecule has 128 valence electrons. The van der Waals surface area contributed by atoms with Gasteiger partial charge in [-0.1, -0.05) is 6.07 Å². The molecule has 0 N–H and O–H groups in total. The Labute approximate surface area is 140 Å². The van der Waals surface area contributed by atoms with Crippen LogP contribution < -0.4 is 5.46 Å². The van der Waals surface area contributed by atoms with E-state index >= 15 is 0 Å². The molecular weight excluding hydrogens is 340 g/mol. The van der Waals surface area contributed by atoms with E-state index in [4.69, 9.17) is 9.31 Å². The summed E-state index contributed by atoms with van der Waals surface area (Å²) in [5.41, 5.74) is -0.959. The minimum Gasteiger partial charge on any atom is -0.494 e. The van der Waals surface area contributed by atoms with Crippen LogP contribution in [0.5, 0.6) is 0 Å². The molecule has 2 heterocycles. The Kier molecular flexibility index (Phi) is 4.34. The lowest BCUT2D eigenvalue weighted by molar-refractivity contribution is -0.134. The highest BCUT2D eigenvalue weighted by Gasteiger charge is 2.40. The van der Waals surface area contributed by atoms with Crippen molar-refractivity contribution in [1.82, 2.24) is 9.88 Å². The molecule has 6 nitrogen and oxygen atoms in total. The second kappa shape index (κ2) is 6.46. The Morgan fingerprint density at radius 1 is 1.12 bits per heavy atom. The maximum Gasteiger partial charge on any atom is 0.640 e. The van der Waals surface area contributed by atoms with Gasteiger partial charge in [0.1, 0.15) is 6.54 Å². The summed E-state index contributed by atoms with van der Waals surface area (Å²) in [5, 5.41) is 0. The fourth-order valence-corrected chi connectivity index (χ4v) is 2.25. The average molecular weight is 350 g/mol. The fraction of sp³-hybridized carbons (Fsp3) is 0.133. The molecule has 10 heteroatoms. The van der Waals surface area contributed by atoms with Gasteiger partial charge in [-0.15, -0.1) is 0 Å². The van der Waals surface area contributed by atoms with Gasteiger partial charge >= 0.3 is 19.2 Å². The number of pyridine rings is 1. The van der Waals surface area contributed by atoms with Crippen molar-refractivity contribution in [2.45, 2.75) is 0 Å². The molecule has 1 fully saturated rings. The van der Waals surface area contributed by atoms with Gasteiger partial charge < -0.3 is 14.2 Å². The summed E-state index contributed by atoms with van der Waals surface area (Å²) in [7, 11) is -0.574. The first-order valence-corrected chi connectivity index (χ1v) is 7.08. The van der Waals surface area contributed by atoms with Crippen molar-refractivity contribution in [3.63, 3.8) is 0 Å². The summed E-state index contributed by atoms with van der Waals surface area (Å²) in [6.07, 6.45) is 0.371. The van der Waals surface area contributed by atoms with Gasteiger partial charge in [-0.3, -0.25) is 9.78 Å². The highest BCUT2D eigenvalue weighted by atomic mass is 19.2. The molecule has 1 aliphatic rings. The van der Waals surface area contributed by atoms with Crippen molar-refractivity contribution >= 4 is 24.6 Å². The molecule has 0 atom stereocenters. The second-order valence-electron chi connectivity index (χ2n) is 5.23. The predicted molar refractivity (Wildman–Crippen MR) is 80.1 cm³/mol. The number of likely N-dealkylation sites (N-methyl/N-ethyl adjacent to an activating group) is 1. The molecule has 0 spiro atoms. The van der Waals surface area contributed by atoms with Crippen molar-refractivity contribution in [2.75, 3.05) is 13.6 Å². The summed E-state index contributed by atoms with van der Waals surface area (Å²) in [5.74, 6) is -5.75. The number of carbonyl (C=O) groups is 2. The summed E-state index contributed by atoms with van der Waals surface area (Å²) >= 11 is 0. The van der Waals surface area contributed by atoms with E-state index in [1.54, 1.807) is 6.07 Å². The Balaban J connectivity index is 2.11. The van der Waals surface area contributed by atoms with Crippen LogP contribution in [0.3, 0.4) is 0 Å². The van der Waals surface area contributed by atoms with E-state index in [1.165, 1.54) is 25.4 Å². The molecule has 0 saturated carbocycles. The molecule has 25 heavy (non-hydrogen) atoms. The van der Waals surface area contributed by atoms with Crippen LogP contribution >= 0.6 is 0 Å². The van der Waals surface area contributed by atoms with Crippen molar-refractivity contribution < 1.29 is 32.1 Å². The van der Waals surface area contributed by atoms with E-state index in [1.807, 2.05) is 0 Å². The van der Waals surface area contributed by atoms with E-state index in [9.17, 15) is 22.8 Å². The zero-order chi connectivity index (χ0) is 18.1. The molecule has 2 aromatic rings. The largest absolute Gasteiger partial charge is 0.640 e. The van der Waals surface area contributed by atoms with Crippen LogP contribution in [0.15, 0.2) is 30.5 Å². The first kappa shape index (κ1) is 16.8. The van der Waals surface area contributed by atoms with Crippen LogP contribution in [0.1, 0.15) is 0 Å². The number of amides is 1. The van der Waals surface area contributed by atoms with Gasteiger partial charge in [-0.05, 0) is 18.2 Å². The average Bonchev–Trinajstić information content (AvgIpc) is 2.72. The maximum absolute atomic E-state index is 14.2. The molecule has 1 amide bonds. The van der Waals surface area contributed by atoms with Crippen molar-refractivity contribution in [3.8, 4) is 11.3 Å². The number of hydrogen-bond donors (Lipinski definition) is 0. The van der Waals surface area contributed by atoms with Gasteiger partial charge in [0.2, 0.25) is 0 Å². The number of nitrogens with zero attached hydrogens (tertiary/aromatic N) is 2. The van der Waals surface area contributed by atoms with E-state index in [-0.39, 0.29) is 11.3 Å². The van der Waals surface area contributed by atoms with Gasteiger partial charge in [-0.25, -0.2) is 18.0 Å². The van der Waals surface area contributed by atoms with Crippen LogP contribution in [0.2, 0.25) is 0 Å². The first-order valence-electron chi connectivity index (χ1n) is 7.08. The molecule has 0 unspecified atom stereocenters. The van der Waals surface area contributed by atoms with Gasteiger partial charge in [0.05, 0.1) is 11.2 Å². The third-order valence-electron chi connectivity index (χ3n) is 3.49. The second-order valence-corrected chi connectivity index (χ2v) is 5.23. The summed E-state index contributed by atoms with van der Waals surface area (Å²) in [6, 6.07) is 5.38. The number of carbonyl (C=O) groups excluding carboxylic acids is 2. The molecule has 1 saturated heterocycles. The van der Waals surface area contributed by atoms with E-state index in [2.05, 4.69) is 4.98 Å². The third-order valence-corrected chi connectivity index (χ3v) is 3.49. The van der Waals surface area contributed by atoms with Crippen molar-refractivity contribution in [2.24, 2.45) is 0 Å². The summed E-state index contributed by atoms with van der Waals surface area (Å²) < 4.78 is 52.0. The molecule has 0 aliphatic carbocycles. The van der Waals surface area contributed by atoms with Crippen LogP contribution in [-0.2, 0) is 14.1 Å². The molecule has 1 aliphatic heterocycles. The number of halogens is 3. The van der Waals surface area contributed by atoms with Crippen LogP contribution in [-0.4, -0.2) is 42.7 Å². The van der Waals surface area contributed by atoms with Gasteiger partial charge in [0, 0.05) is 18.8 Å². The van der Waals surface area contributed by atoms with E-state index in [0.717, 1.165) is 11.0 Å². The normalized spacial score (nSPS) is 14.9. The minimum atomic E-state index is -1.84. The molecule has 1 aromatic carbocycles. The number of rotatable bonds is 2. The standard InChI is InChI=1S/C15H10BF3N2O4/c1-21-7-11(22)24-16(25-15(21)23)9-6-8(10-4-2-3-5-20-10)12(17)14(19)13(9)18/h2-6H,7H2,1H3. The van der Waals surface area contributed by atoms with Crippen molar-refractivity contribution in [1.29, 1.82) is 0 Å². The first-order chi connectivity index (χ1) is 11.9. The third kappa shape index (κ3) is 3.15. The highest BCUT2D eigenvalue weighted by Crippen LogP contribution is 2.24. The fourth-order valence-electron chi connectivity index (χ4n) is 2.25. The Morgan fingerprint density at radius 3 is 2.56 bits per heavy atom. The Morgan fingerprint density at radius 2 is 1.88 bits per heavy atom. The molecule has 3 rings (SSSR count). The van der Waals surface area contributed by atoms with Crippen LogP contribution in [0.4, 0.5) is 18.0 Å². The smallest absolute Gasteiger partial charge is 0.494 e. The topological polar surface area (TPSA) is 68.7 Å². The van der Waals surface area contributed by atoms with Crippen LogP contribution in [0.25, 0.3) is 11.3 Å². The zero-order valence-corrected chi connectivity index (χ0v) is 12.8. The van der Waals surface area contributed by atoms with E-state index in [0.29, 0.717) is 0 Å². The summed E-state index contributed by atoms with van der Waals surface area (Å²) in [4.78, 5) is 28.1. The quantitative estimate of drug-likeness (QED) is 0.606. The van der Waals surface area contributed by atoms with E-state index < -0.39 is 48.6 Å². The number of hydrogen-bond acceptors (Lipinski definition) is 5. The predicted octanol–water partition coefficient (Wildman–Crippen LogP) is 1.49. The number of aromatic nitrogens is 1. The Hall–Kier alpha value is -3.04. The lowest BCUT2D eigenvalue weighted by Gasteiger charge is -2.14.